The Morgan fingerprint density at radius 1 is 0.640 bits per heavy atom. The summed E-state index contributed by atoms with van der Waals surface area (Å²) in [4.78, 5) is 76.2. The van der Waals surface area contributed by atoms with E-state index in [4.69, 9.17) is 5.11 Å². The van der Waals surface area contributed by atoms with Crippen LogP contribution in [-0.4, -0.2) is 93.2 Å². The van der Waals surface area contributed by atoms with E-state index in [1.165, 1.54) is 6.92 Å². The summed E-state index contributed by atoms with van der Waals surface area (Å²) in [7, 11) is 0. The van der Waals surface area contributed by atoms with Gasteiger partial charge >= 0.3 is 5.97 Å². The standard InChI is InChI=1S/C36H59N5O9/c1-9-13-29(44)40-32(21(4)5)36(50)41-33(22(6)7)35(49)39-25(16-20(2)3)27(42)18-30(45)37-23(8)34(48)38-26(28(43)19-31(46)47)17-24-14-11-10-12-15-24/h10-12,14-15,20-23,25-28,32-33,42-43H,9,13,16-19H2,1-8H3,(H,37,45)(H,38,48)(H,39,49)(H,40,44)(H,41,50)(H,46,47). The zero-order valence-corrected chi connectivity index (χ0v) is 30.7. The highest BCUT2D eigenvalue weighted by Crippen LogP contribution is 2.14. The lowest BCUT2D eigenvalue weighted by Crippen LogP contribution is -2.59. The van der Waals surface area contributed by atoms with Crippen molar-refractivity contribution in [1.82, 2.24) is 26.6 Å². The molecular weight excluding hydrogens is 646 g/mol. The number of carboxylic acid groups (broad SMARTS) is 1. The second-order valence-corrected chi connectivity index (χ2v) is 14.0. The van der Waals surface area contributed by atoms with Crippen LogP contribution in [0.4, 0.5) is 0 Å². The van der Waals surface area contributed by atoms with Gasteiger partial charge in [0.25, 0.3) is 0 Å². The van der Waals surface area contributed by atoms with Crippen LogP contribution in [0.1, 0.15) is 93.1 Å². The van der Waals surface area contributed by atoms with E-state index in [0.29, 0.717) is 12.8 Å². The van der Waals surface area contributed by atoms with Crippen LogP contribution in [0, 0.1) is 17.8 Å². The molecule has 0 saturated carbocycles. The average molecular weight is 706 g/mol. The number of carbonyl (C=O) groups excluding carboxylic acids is 5. The van der Waals surface area contributed by atoms with Crippen LogP contribution in [0.15, 0.2) is 30.3 Å². The maximum Gasteiger partial charge on any atom is 0.306 e. The van der Waals surface area contributed by atoms with Crippen molar-refractivity contribution in [2.24, 2.45) is 17.8 Å². The summed E-state index contributed by atoms with van der Waals surface area (Å²) in [6.07, 6.45) is -2.45. The van der Waals surface area contributed by atoms with Crippen LogP contribution in [0.2, 0.25) is 0 Å². The monoisotopic (exact) mass is 705 g/mol. The number of benzene rings is 1. The zero-order valence-electron chi connectivity index (χ0n) is 30.7. The lowest BCUT2D eigenvalue weighted by Gasteiger charge is -2.31. The molecule has 7 atom stereocenters. The van der Waals surface area contributed by atoms with Gasteiger partial charge in [-0.15, -0.1) is 0 Å². The van der Waals surface area contributed by atoms with E-state index in [1.54, 1.807) is 58.0 Å². The van der Waals surface area contributed by atoms with Crippen LogP contribution in [0.5, 0.6) is 0 Å². The van der Waals surface area contributed by atoms with Crippen LogP contribution in [-0.2, 0) is 35.2 Å². The quantitative estimate of drug-likeness (QED) is 0.0873. The summed E-state index contributed by atoms with van der Waals surface area (Å²) in [5.74, 6) is -4.48. The van der Waals surface area contributed by atoms with Crippen molar-refractivity contribution in [2.45, 2.75) is 136 Å². The van der Waals surface area contributed by atoms with Gasteiger partial charge in [-0.3, -0.25) is 28.8 Å². The first kappa shape index (κ1) is 44.0. The maximum absolute atomic E-state index is 13.5. The van der Waals surface area contributed by atoms with E-state index in [1.807, 2.05) is 20.8 Å². The Kier molecular flexibility index (Phi) is 19.3. The van der Waals surface area contributed by atoms with Gasteiger partial charge in [0.2, 0.25) is 29.5 Å². The number of nitrogens with one attached hydrogen (secondary N) is 5. The van der Waals surface area contributed by atoms with Crippen LogP contribution >= 0.6 is 0 Å². The number of amides is 5. The third kappa shape index (κ3) is 16.1. The minimum absolute atomic E-state index is 0.00711. The average Bonchev–Trinajstić information content (AvgIpc) is 3.01. The van der Waals surface area contributed by atoms with Gasteiger partial charge in [-0.25, -0.2) is 0 Å². The second-order valence-electron chi connectivity index (χ2n) is 14.0. The molecule has 0 heterocycles. The highest BCUT2D eigenvalue weighted by Gasteiger charge is 2.34. The van der Waals surface area contributed by atoms with Gasteiger partial charge in [-0.05, 0) is 49.5 Å². The molecule has 0 aromatic heterocycles. The smallest absolute Gasteiger partial charge is 0.306 e. The number of aliphatic carboxylic acids is 1. The fraction of sp³-hybridized carbons (Fsp3) is 0.667. The fourth-order valence-corrected chi connectivity index (χ4v) is 5.36. The number of aliphatic hydroxyl groups is 2. The topological polar surface area (TPSA) is 223 Å². The minimum Gasteiger partial charge on any atom is -0.481 e. The summed E-state index contributed by atoms with van der Waals surface area (Å²) in [6, 6.07) is 4.14. The highest BCUT2D eigenvalue weighted by atomic mass is 16.4. The zero-order chi connectivity index (χ0) is 38.1. The number of hydrogen-bond donors (Lipinski definition) is 8. The first-order valence-electron chi connectivity index (χ1n) is 17.5. The number of hydrogen-bond acceptors (Lipinski definition) is 8. The Morgan fingerprint density at radius 3 is 1.68 bits per heavy atom. The molecule has 1 aromatic rings. The molecular formula is C36H59N5O9. The van der Waals surface area contributed by atoms with Crippen molar-refractivity contribution >= 4 is 35.5 Å². The fourth-order valence-electron chi connectivity index (χ4n) is 5.36. The first-order chi connectivity index (χ1) is 23.4. The number of aliphatic hydroxyl groups excluding tert-OH is 2. The Bertz CT molecular complexity index is 1260. The molecule has 0 aliphatic rings. The molecule has 0 radical (unpaired) electrons. The van der Waals surface area contributed by atoms with Gasteiger partial charge < -0.3 is 41.9 Å². The summed E-state index contributed by atoms with van der Waals surface area (Å²) >= 11 is 0. The van der Waals surface area contributed by atoms with E-state index < -0.39 is 84.9 Å². The van der Waals surface area contributed by atoms with Gasteiger partial charge in [0.1, 0.15) is 18.1 Å². The summed E-state index contributed by atoms with van der Waals surface area (Å²) < 4.78 is 0. The molecule has 0 spiro atoms. The van der Waals surface area contributed by atoms with Crippen molar-refractivity contribution < 1.29 is 44.1 Å². The predicted molar refractivity (Wildman–Crippen MR) is 188 cm³/mol. The molecule has 0 aliphatic carbocycles. The molecule has 0 aliphatic heterocycles. The minimum atomic E-state index is -1.39. The van der Waals surface area contributed by atoms with Crippen LogP contribution in [0.3, 0.4) is 0 Å². The van der Waals surface area contributed by atoms with Gasteiger partial charge in [0.15, 0.2) is 0 Å². The molecule has 8 N–H and O–H groups in total. The van der Waals surface area contributed by atoms with Gasteiger partial charge in [0.05, 0.1) is 37.1 Å². The highest BCUT2D eigenvalue weighted by molar-refractivity contribution is 5.92. The molecule has 7 unspecified atom stereocenters. The number of rotatable bonds is 22. The van der Waals surface area contributed by atoms with E-state index in [2.05, 4.69) is 26.6 Å². The van der Waals surface area contributed by atoms with E-state index >= 15 is 0 Å². The molecule has 5 amide bonds. The summed E-state index contributed by atoms with van der Waals surface area (Å²) in [6.45, 7) is 14.1. The molecule has 1 rings (SSSR count). The van der Waals surface area contributed by atoms with Gasteiger partial charge in [-0.1, -0.05) is 78.8 Å². The normalized spacial score (nSPS) is 15.6. The van der Waals surface area contributed by atoms with Crippen molar-refractivity contribution in [2.75, 3.05) is 0 Å². The van der Waals surface area contributed by atoms with E-state index in [-0.39, 0.29) is 36.5 Å². The Hall–Kier alpha value is -4.04. The molecule has 0 bridgehead atoms. The first-order valence-corrected chi connectivity index (χ1v) is 17.5. The molecule has 282 valence electrons. The summed E-state index contributed by atoms with van der Waals surface area (Å²) in [5, 5.41) is 44.2. The molecule has 14 nitrogen and oxygen atoms in total. The number of carboxylic acids is 1. The van der Waals surface area contributed by atoms with E-state index in [9.17, 15) is 39.0 Å². The largest absolute Gasteiger partial charge is 0.481 e. The van der Waals surface area contributed by atoms with Gasteiger partial charge in [-0.2, -0.15) is 0 Å². The maximum atomic E-state index is 13.5. The molecule has 1 aromatic carbocycles. The summed E-state index contributed by atoms with van der Waals surface area (Å²) in [5.41, 5.74) is 0.762. The molecule has 0 fully saturated rings. The number of carbonyl (C=O) groups is 6. The van der Waals surface area contributed by atoms with Crippen LogP contribution < -0.4 is 26.6 Å². The predicted octanol–water partition coefficient (Wildman–Crippen LogP) is 1.42. The second kappa shape index (κ2) is 21.9. The Labute approximate surface area is 295 Å². The molecule has 0 saturated heterocycles. The van der Waals surface area contributed by atoms with Crippen molar-refractivity contribution in [3.8, 4) is 0 Å². The van der Waals surface area contributed by atoms with Crippen molar-refractivity contribution in [3.05, 3.63) is 35.9 Å². The van der Waals surface area contributed by atoms with Crippen LogP contribution in [0.25, 0.3) is 0 Å². The van der Waals surface area contributed by atoms with E-state index in [0.717, 1.165) is 5.56 Å². The molecule has 50 heavy (non-hydrogen) atoms. The molecule has 14 heteroatoms. The Balaban J connectivity index is 2.97. The van der Waals surface area contributed by atoms with Crippen molar-refractivity contribution in [3.63, 3.8) is 0 Å². The van der Waals surface area contributed by atoms with Crippen molar-refractivity contribution in [1.29, 1.82) is 0 Å². The SMILES string of the molecule is CCCC(=O)NC(C(=O)NC(C(=O)NC(CC(C)C)C(O)CC(=O)NC(C)C(=O)NC(Cc1ccccc1)C(O)CC(=O)O)C(C)C)C(C)C. The lowest BCUT2D eigenvalue weighted by molar-refractivity contribution is -0.140. The third-order valence-electron chi connectivity index (χ3n) is 8.15. The Morgan fingerprint density at radius 2 is 1.16 bits per heavy atom. The lowest BCUT2D eigenvalue weighted by atomic mass is 9.95. The third-order valence-corrected chi connectivity index (χ3v) is 8.15. The van der Waals surface area contributed by atoms with Gasteiger partial charge in [0, 0.05) is 6.42 Å².